The van der Waals surface area contributed by atoms with E-state index in [2.05, 4.69) is 4.98 Å². The van der Waals surface area contributed by atoms with Gasteiger partial charge < -0.3 is 9.67 Å². The van der Waals surface area contributed by atoms with Crippen molar-refractivity contribution in [3.63, 3.8) is 0 Å². The summed E-state index contributed by atoms with van der Waals surface area (Å²) >= 11 is 0. The second-order valence-electron chi connectivity index (χ2n) is 3.49. The van der Waals surface area contributed by atoms with E-state index < -0.39 is 5.97 Å². The first kappa shape index (κ1) is 11.1. The van der Waals surface area contributed by atoms with E-state index in [0.29, 0.717) is 18.4 Å². The number of carboxylic acid groups (broad SMARTS) is 1. The summed E-state index contributed by atoms with van der Waals surface area (Å²) in [5, 5.41) is 9.03. The van der Waals surface area contributed by atoms with Crippen LogP contribution in [0.1, 0.15) is 26.5 Å². The summed E-state index contributed by atoms with van der Waals surface area (Å²) in [5.41, 5.74) is 0.874. The summed E-state index contributed by atoms with van der Waals surface area (Å²) in [6.07, 6.45) is 3.79. The van der Waals surface area contributed by atoms with E-state index in [-0.39, 0.29) is 11.4 Å². The van der Waals surface area contributed by atoms with Gasteiger partial charge in [0.15, 0.2) is 12.1 Å². The van der Waals surface area contributed by atoms with Crippen molar-refractivity contribution in [3.05, 3.63) is 53.6 Å². The van der Waals surface area contributed by atoms with Gasteiger partial charge in [0, 0.05) is 12.4 Å². The Labute approximate surface area is 97.3 Å². The average molecular weight is 230 g/mol. The van der Waals surface area contributed by atoms with Crippen molar-refractivity contribution in [1.29, 1.82) is 0 Å². The highest BCUT2D eigenvalue weighted by Gasteiger charge is 2.10. The van der Waals surface area contributed by atoms with Crippen LogP contribution in [0.3, 0.4) is 0 Å². The lowest BCUT2D eigenvalue weighted by Crippen LogP contribution is -2.08. The van der Waals surface area contributed by atoms with E-state index in [9.17, 15) is 9.59 Å². The van der Waals surface area contributed by atoms with Crippen molar-refractivity contribution < 1.29 is 14.7 Å². The molecule has 0 fully saturated rings. The summed E-state index contributed by atoms with van der Waals surface area (Å²) in [6.45, 7) is 0.316. The van der Waals surface area contributed by atoms with Crippen LogP contribution >= 0.6 is 0 Å². The van der Waals surface area contributed by atoms with Crippen molar-refractivity contribution in [3.8, 4) is 0 Å². The summed E-state index contributed by atoms with van der Waals surface area (Å²) in [7, 11) is 0. The van der Waals surface area contributed by atoms with Crippen LogP contribution in [-0.2, 0) is 6.54 Å². The molecule has 5 heteroatoms. The standard InChI is InChI=1S/C12H10N2O3/c15-8-11-13-5-6-14(11)7-9-3-1-2-4-10(9)12(16)17/h1-6,8H,7H2,(H,16,17). The molecule has 0 radical (unpaired) electrons. The molecular weight excluding hydrogens is 220 g/mol. The molecule has 17 heavy (non-hydrogen) atoms. The molecule has 0 saturated heterocycles. The molecule has 5 nitrogen and oxygen atoms in total. The molecule has 1 aromatic heterocycles. The number of rotatable bonds is 4. The van der Waals surface area contributed by atoms with Gasteiger partial charge in [-0.2, -0.15) is 0 Å². The van der Waals surface area contributed by atoms with Crippen molar-refractivity contribution in [2.45, 2.75) is 6.54 Å². The molecule has 0 saturated carbocycles. The highest BCUT2D eigenvalue weighted by atomic mass is 16.4. The first-order valence-electron chi connectivity index (χ1n) is 5.00. The molecule has 2 aromatic rings. The molecule has 0 aliphatic heterocycles. The Morgan fingerprint density at radius 3 is 2.88 bits per heavy atom. The molecule has 0 spiro atoms. The number of aldehydes is 1. The van der Waals surface area contributed by atoms with Crippen molar-refractivity contribution in [2.24, 2.45) is 0 Å². The normalized spacial score (nSPS) is 10.1. The molecule has 0 amide bonds. The van der Waals surface area contributed by atoms with Crippen LogP contribution in [0.2, 0.25) is 0 Å². The largest absolute Gasteiger partial charge is 0.478 e. The third kappa shape index (κ3) is 2.23. The van der Waals surface area contributed by atoms with Gasteiger partial charge in [-0.05, 0) is 11.6 Å². The first-order valence-corrected chi connectivity index (χ1v) is 5.00. The number of hydrogen-bond donors (Lipinski definition) is 1. The Kier molecular flexibility index (Phi) is 3.00. The minimum atomic E-state index is -0.978. The van der Waals surface area contributed by atoms with E-state index >= 15 is 0 Å². The fourth-order valence-electron chi connectivity index (χ4n) is 1.62. The fourth-order valence-corrected chi connectivity index (χ4v) is 1.62. The topological polar surface area (TPSA) is 72.2 Å². The molecule has 2 rings (SSSR count). The number of carboxylic acids is 1. The molecule has 1 aromatic carbocycles. The number of aromatic nitrogens is 2. The number of imidazole rings is 1. The van der Waals surface area contributed by atoms with E-state index in [4.69, 9.17) is 5.11 Å². The molecular formula is C12H10N2O3. The molecule has 86 valence electrons. The van der Waals surface area contributed by atoms with Crippen molar-refractivity contribution in [1.82, 2.24) is 9.55 Å². The smallest absolute Gasteiger partial charge is 0.336 e. The minimum Gasteiger partial charge on any atom is -0.478 e. The van der Waals surface area contributed by atoms with Crippen LogP contribution in [0.4, 0.5) is 0 Å². The van der Waals surface area contributed by atoms with Gasteiger partial charge in [-0.1, -0.05) is 18.2 Å². The average Bonchev–Trinajstić information content (AvgIpc) is 2.77. The Bertz CT molecular complexity index is 560. The lowest BCUT2D eigenvalue weighted by molar-refractivity contribution is 0.0695. The number of aromatic carboxylic acids is 1. The van der Waals surface area contributed by atoms with Gasteiger partial charge in [-0.25, -0.2) is 9.78 Å². The van der Waals surface area contributed by atoms with Crippen molar-refractivity contribution in [2.75, 3.05) is 0 Å². The van der Waals surface area contributed by atoms with E-state index in [1.165, 1.54) is 12.3 Å². The molecule has 0 atom stereocenters. The number of nitrogens with zero attached hydrogens (tertiary/aromatic N) is 2. The zero-order valence-corrected chi connectivity index (χ0v) is 8.91. The quantitative estimate of drug-likeness (QED) is 0.807. The molecule has 1 N–H and O–H groups in total. The summed E-state index contributed by atoms with van der Waals surface area (Å²) in [5.74, 6) is -0.696. The number of benzene rings is 1. The van der Waals surface area contributed by atoms with Gasteiger partial charge in [-0.15, -0.1) is 0 Å². The van der Waals surface area contributed by atoms with E-state index in [0.717, 1.165) is 0 Å². The maximum absolute atomic E-state index is 11.0. The second kappa shape index (κ2) is 4.61. The molecule has 0 aliphatic rings. The summed E-state index contributed by atoms with van der Waals surface area (Å²) < 4.78 is 1.61. The fraction of sp³-hybridized carbons (Fsp3) is 0.0833. The van der Waals surface area contributed by atoms with E-state index in [1.54, 1.807) is 29.0 Å². The minimum absolute atomic E-state index is 0.234. The lowest BCUT2D eigenvalue weighted by Gasteiger charge is -2.07. The Morgan fingerprint density at radius 2 is 2.18 bits per heavy atom. The van der Waals surface area contributed by atoms with Crippen LogP contribution in [0, 0.1) is 0 Å². The first-order chi connectivity index (χ1) is 8.22. The van der Waals surface area contributed by atoms with Gasteiger partial charge in [0.1, 0.15) is 0 Å². The van der Waals surface area contributed by atoms with Gasteiger partial charge in [0.05, 0.1) is 12.1 Å². The van der Waals surface area contributed by atoms with E-state index in [1.807, 2.05) is 0 Å². The Hall–Kier alpha value is -2.43. The van der Waals surface area contributed by atoms with Crippen LogP contribution in [0.5, 0.6) is 0 Å². The predicted molar refractivity (Wildman–Crippen MR) is 60.1 cm³/mol. The highest BCUT2D eigenvalue weighted by Crippen LogP contribution is 2.11. The molecule has 0 unspecified atom stereocenters. The van der Waals surface area contributed by atoms with Gasteiger partial charge in [0.2, 0.25) is 0 Å². The van der Waals surface area contributed by atoms with Crippen LogP contribution < -0.4 is 0 Å². The maximum atomic E-state index is 11.0. The third-order valence-electron chi connectivity index (χ3n) is 2.44. The van der Waals surface area contributed by atoms with Crippen LogP contribution in [0.25, 0.3) is 0 Å². The van der Waals surface area contributed by atoms with Gasteiger partial charge >= 0.3 is 5.97 Å². The Balaban J connectivity index is 2.36. The predicted octanol–water partition coefficient (Wildman–Crippen LogP) is 1.44. The van der Waals surface area contributed by atoms with Crippen LogP contribution in [0.15, 0.2) is 36.7 Å². The highest BCUT2D eigenvalue weighted by molar-refractivity contribution is 5.89. The van der Waals surface area contributed by atoms with Crippen molar-refractivity contribution >= 4 is 12.3 Å². The third-order valence-corrected chi connectivity index (χ3v) is 2.44. The SMILES string of the molecule is O=Cc1nccn1Cc1ccccc1C(=O)O. The van der Waals surface area contributed by atoms with Gasteiger partial charge in [0.25, 0.3) is 0 Å². The Morgan fingerprint density at radius 1 is 1.41 bits per heavy atom. The maximum Gasteiger partial charge on any atom is 0.336 e. The number of hydrogen-bond acceptors (Lipinski definition) is 3. The molecule has 0 bridgehead atoms. The molecule has 0 aliphatic carbocycles. The number of carbonyl (C=O) groups excluding carboxylic acids is 1. The zero-order valence-electron chi connectivity index (χ0n) is 8.91. The lowest BCUT2D eigenvalue weighted by atomic mass is 10.1. The van der Waals surface area contributed by atoms with Gasteiger partial charge in [-0.3, -0.25) is 4.79 Å². The number of carbonyl (C=O) groups is 2. The summed E-state index contributed by atoms with van der Waals surface area (Å²) in [6, 6.07) is 6.69. The second-order valence-corrected chi connectivity index (χ2v) is 3.49. The molecule has 1 heterocycles. The summed E-state index contributed by atoms with van der Waals surface area (Å²) in [4.78, 5) is 25.6. The van der Waals surface area contributed by atoms with Crippen LogP contribution in [-0.4, -0.2) is 26.9 Å². The zero-order chi connectivity index (χ0) is 12.3. The monoisotopic (exact) mass is 230 g/mol.